The number of amides is 2. The van der Waals surface area contributed by atoms with Gasteiger partial charge in [-0.2, -0.15) is 0 Å². The van der Waals surface area contributed by atoms with Crippen molar-refractivity contribution < 1.29 is 9.59 Å². The van der Waals surface area contributed by atoms with E-state index in [0.717, 1.165) is 5.56 Å². The van der Waals surface area contributed by atoms with Gasteiger partial charge in [0.2, 0.25) is 11.8 Å². The lowest BCUT2D eigenvalue weighted by molar-refractivity contribution is -0.116. The van der Waals surface area contributed by atoms with Gasteiger partial charge in [0.1, 0.15) is 0 Å². The molecule has 0 aliphatic rings. The Kier molecular flexibility index (Phi) is 4.66. The number of primary amides is 1. The van der Waals surface area contributed by atoms with Crippen LogP contribution in [0.25, 0.3) is 0 Å². The fraction of sp³-hybridized carbons (Fsp3) is 0.333. The van der Waals surface area contributed by atoms with E-state index in [0.29, 0.717) is 24.2 Å². The zero-order valence-electron chi connectivity index (χ0n) is 10.0. The van der Waals surface area contributed by atoms with Crippen molar-refractivity contribution in [3.05, 3.63) is 29.3 Å². The number of benzene rings is 1. The van der Waals surface area contributed by atoms with Gasteiger partial charge in [0.15, 0.2) is 0 Å². The van der Waals surface area contributed by atoms with Crippen molar-refractivity contribution in [3.63, 3.8) is 0 Å². The largest absolute Gasteiger partial charge is 0.366 e. The Balaban J connectivity index is 2.70. The second-order valence-corrected chi connectivity index (χ2v) is 3.80. The summed E-state index contributed by atoms with van der Waals surface area (Å²) in [6.45, 7) is 2.41. The minimum Gasteiger partial charge on any atom is -0.366 e. The third-order valence-electron chi connectivity index (χ3n) is 2.38. The van der Waals surface area contributed by atoms with E-state index in [-0.39, 0.29) is 5.91 Å². The lowest BCUT2D eigenvalue weighted by Crippen LogP contribution is -2.19. The molecule has 2 amide bonds. The van der Waals surface area contributed by atoms with E-state index in [1.807, 2.05) is 0 Å². The van der Waals surface area contributed by atoms with E-state index in [2.05, 4.69) is 10.6 Å². The van der Waals surface area contributed by atoms with Crippen molar-refractivity contribution in [2.45, 2.75) is 13.3 Å². The topological polar surface area (TPSA) is 84.2 Å². The van der Waals surface area contributed by atoms with Crippen LogP contribution in [0.1, 0.15) is 22.3 Å². The monoisotopic (exact) mass is 235 g/mol. The van der Waals surface area contributed by atoms with Crippen LogP contribution >= 0.6 is 0 Å². The van der Waals surface area contributed by atoms with Crippen LogP contribution in [-0.4, -0.2) is 25.4 Å². The summed E-state index contributed by atoms with van der Waals surface area (Å²) in [6, 6.07) is 5.02. The number of nitrogens with two attached hydrogens (primary N) is 1. The van der Waals surface area contributed by atoms with Crippen LogP contribution in [0.15, 0.2) is 18.2 Å². The van der Waals surface area contributed by atoms with Gasteiger partial charge >= 0.3 is 0 Å². The highest BCUT2D eigenvalue weighted by Crippen LogP contribution is 2.14. The van der Waals surface area contributed by atoms with Gasteiger partial charge < -0.3 is 16.4 Å². The zero-order chi connectivity index (χ0) is 12.8. The van der Waals surface area contributed by atoms with Crippen molar-refractivity contribution in [1.29, 1.82) is 0 Å². The maximum Gasteiger partial charge on any atom is 0.248 e. The van der Waals surface area contributed by atoms with Crippen molar-refractivity contribution in [3.8, 4) is 0 Å². The minimum atomic E-state index is -0.462. The van der Waals surface area contributed by atoms with Crippen molar-refractivity contribution in [2.75, 3.05) is 18.9 Å². The molecule has 1 aromatic rings. The lowest BCUT2D eigenvalue weighted by atomic mass is 10.1. The molecule has 0 aliphatic heterocycles. The Morgan fingerprint density at radius 3 is 2.59 bits per heavy atom. The molecule has 0 spiro atoms. The fourth-order valence-corrected chi connectivity index (χ4v) is 1.48. The van der Waals surface area contributed by atoms with Gasteiger partial charge in [-0.25, -0.2) is 0 Å². The fourth-order valence-electron chi connectivity index (χ4n) is 1.48. The molecule has 17 heavy (non-hydrogen) atoms. The predicted molar refractivity (Wildman–Crippen MR) is 66.9 cm³/mol. The summed E-state index contributed by atoms with van der Waals surface area (Å²) in [7, 11) is 1.79. The molecule has 0 radical (unpaired) electrons. The summed E-state index contributed by atoms with van der Waals surface area (Å²) in [5.74, 6) is -0.527. The Bertz CT molecular complexity index is 430. The molecule has 0 bridgehead atoms. The van der Waals surface area contributed by atoms with Gasteiger partial charge in [-0.15, -0.1) is 0 Å². The zero-order valence-corrected chi connectivity index (χ0v) is 10.0. The molecule has 5 nitrogen and oxygen atoms in total. The standard InChI is InChI=1S/C12H17N3O2/c1-8-7-9(3-4-10(8)12(13)17)15-11(16)5-6-14-2/h3-4,7,14H,5-6H2,1-2H3,(H2,13,17)(H,15,16). The van der Waals surface area contributed by atoms with E-state index in [9.17, 15) is 9.59 Å². The van der Waals surface area contributed by atoms with Gasteiger partial charge in [-0.05, 0) is 37.7 Å². The maximum absolute atomic E-state index is 11.5. The Morgan fingerprint density at radius 1 is 1.35 bits per heavy atom. The molecule has 0 saturated carbocycles. The molecule has 92 valence electrons. The quantitative estimate of drug-likeness (QED) is 0.700. The van der Waals surface area contributed by atoms with Crippen LogP contribution in [0.2, 0.25) is 0 Å². The first-order chi connectivity index (χ1) is 8.04. The molecule has 0 fully saturated rings. The molecule has 0 aromatic heterocycles. The van der Waals surface area contributed by atoms with Gasteiger partial charge in [0.05, 0.1) is 0 Å². The summed E-state index contributed by atoms with van der Waals surface area (Å²) < 4.78 is 0. The molecule has 0 saturated heterocycles. The van der Waals surface area contributed by atoms with Gasteiger partial charge in [-0.1, -0.05) is 0 Å². The van der Waals surface area contributed by atoms with Crippen LogP contribution in [0, 0.1) is 6.92 Å². The Morgan fingerprint density at radius 2 is 2.06 bits per heavy atom. The summed E-state index contributed by atoms with van der Waals surface area (Å²) in [5, 5.41) is 5.65. The molecule has 1 aromatic carbocycles. The number of aryl methyl sites for hydroxylation is 1. The van der Waals surface area contributed by atoms with E-state index < -0.39 is 5.91 Å². The van der Waals surface area contributed by atoms with Gasteiger partial charge in [0, 0.05) is 24.2 Å². The highest BCUT2D eigenvalue weighted by Gasteiger charge is 2.07. The summed E-state index contributed by atoms with van der Waals surface area (Å²) in [4.78, 5) is 22.5. The van der Waals surface area contributed by atoms with Crippen LogP contribution in [0.3, 0.4) is 0 Å². The normalized spacial score (nSPS) is 10.0. The van der Waals surface area contributed by atoms with Gasteiger partial charge in [-0.3, -0.25) is 9.59 Å². The van der Waals surface area contributed by atoms with Crippen molar-refractivity contribution >= 4 is 17.5 Å². The second-order valence-electron chi connectivity index (χ2n) is 3.80. The van der Waals surface area contributed by atoms with Gasteiger partial charge in [0.25, 0.3) is 0 Å². The lowest BCUT2D eigenvalue weighted by Gasteiger charge is -2.08. The third kappa shape index (κ3) is 3.88. The highest BCUT2D eigenvalue weighted by atomic mass is 16.2. The molecule has 1 rings (SSSR count). The smallest absolute Gasteiger partial charge is 0.248 e. The summed E-state index contributed by atoms with van der Waals surface area (Å²) in [5.41, 5.74) is 7.10. The van der Waals surface area contributed by atoms with Crippen LogP contribution < -0.4 is 16.4 Å². The molecule has 5 heteroatoms. The van der Waals surface area contributed by atoms with Crippen LogP contribution in [-0.2, 0) is 4.79 Å². The number of hydrogen-bond acceptors (Lipinski definition) is 3. The minimum absolute atomic E-state index is 0.0643. The predicted octanol–water partition coefficient (Wildman–Crippen LogP) is 0.642. The maximum atomic E-state index is 11.5. The molecule has 4 N–H and O–H groups in total. The second kappa shape index (κ2) is 6.00. The van der Waals surface area contributed by atoms with E-state index >= 15 is 0 Å². The third-order valence-corrected chi connectivity index (χ3v) is 2.38. The van der Waals surface area contributed by atoms with Crippen molar-refractivity contribution in [1.82, 2.24) is 5.32 Å². The molecular formula is C12H17N3O2. The van der Waals surface area contributed by atoms with E-state index in [1.165, 1.54) is 0 Å². The number of carbonyl (C=O) groups excluding carboxylic acids is 2. The van der Waals surface area contributed by atoms with Crippen LogP contribution in [0.5, 0.6) is 0 Å². The van der Waals surface area contributed by atoms with E-state index in [1.54, 1.807) is 32.2 Å². The Labute approximate surface area is 100 Å². The number of nitrogens with one attached hydrogen (secondary N) is 2. The SMILES string of the molecule is CNCCC(=O)Nc1ccc(C(N)=O)c(C)c1. The highest BCUT2D eigenvalue weighted by molar-refractivity contribution is 5.96. The molecule has 0 heterocycles. The van der Waals surface area contributed by atoms with Crippen LogP contribution in [0.4, 0.5) is 5.69 Å². The first kappa shape index (κ1) is 13.2. The Hall–Kier alpha value is -1.88. The number of carbonyl (C=O) groups is 2. The summed E-state index contributed by atoms with van der Waals surface area (Å²) >= 11 is 0. The molecule has 0 unspecified atom stereocenters. The first-order valence-corrected chi connectivity index (χ1v) is 5.39. The average molecular weight is 235 g/mol. The average Bonchev–Trinajstić information content (AvgIpc) is 2.26. The molecule has 0 atom stereocenters. The number of hydrogen-bond donors (Lipinski definition) is 3. The van der Waals surface area contributed by atoms with Crippen molar-refractivity contribution in [2.24, 2.45) is 5.73 Å². The number of rotatable bonds is 5. The van der Waals surface area contributed by atoms with E-state index in [4.69, 9.17) is 5.73 Å². The molecular weight excluding hydrogens is 218 g/mol. The molecule has 0 aliphatic carbocycles. The number of anilines is 1. The summed E-state index contributed by atoms with van der Waals surface area (Å²) in [6.07, 6.45) is 0.410. The first-order valence-electron chi connectivity index (χ1n) is 5.39.